The van der Waals surface area contributed by atoms with E-state index in [9.17, 15) is 33.9 Å². The van der Waals surface area contributed by atoms with Crippen molar-refractivity contribution in [3.8, 4) is 0 Å². The van der Waals surface area contributed by atoms with Gasteiger partial charge in [-0.3, -0.25) is 33.8 Å². The molecule has 0 aromatic rings. The molecule has 0 aromatic carbocycles. The maximum Gasteiger partial charge on any atom is 1.00 e. The van der Waals surface area contributed by atoms with Crippen molar-refractivity contribution in [1.29, 1.82) is 0 Å². The number of hydrogen-bond donors (Lipinski definition) is 7. The van der Waals surface area contributed by atoms with Crippen molar-refractivity contribution in [1.82, 2.24) is 26.6 Å². The van der Waals surface area contributed by atoms with Gasteiger partial charge in [0.05, 0.1) is 26.2 Å². The molecule has 0 saturated carbocycles. The third-order valence-corrected chi connectivity index (χ3v) is 2.79. The molecular formula is C14H22N7NaO8. The van der Waals surface area contributed by atoms with E-state index in [1.807, 2.05) is 5.32 Å². The predicted octanol–water partition coefficient (Wildman–Crippen LogP) is -9.63. The Hall–Kier alpha value is -2.75. The number of aliphatic imine (C=N–C) groups is 1. The molecule has 162 valence electrons. The van der Waals surface area contributed by atoms with Gasteiger partial charge in [0.15, 0.2) is 0 Å². The topological polar surface area (TPSA) is 244 Å². The molecule has 0 heterocycles. The molecule has 16 heteroatoms. The van der Waals surface area contributed by atoms with Gasteiger partial charge in [0, 0.05) is 6.54 Å². The summed E-state index contributed by atoms with van der Waals surface area (Å²) in [5.41, 5.74) is 5.00. The zero-order chi connectivity index (χ0) is 22.2. The third kappa shape index (κ3) is 17.4. The van der Waals surface area contributed by atoms with E-state index in [2.05, 4.69) is 26.3 Å². The van der Waals surface area contributed by atoms with E-state index in [0.717, 1.165) is 0 Å². The fraction of sp³-hybridized carbons (Fsp3) is 0.500. The molecule has 30 heavy (non-hydrogen) atoms. The number of hydrogen-bond acceptors (Lipinski definition) is 9. The summed E-state index contributed by atoms with van der Waals surface area (Å²) in [4.78, 5) is 70.5. The Morgan fingerprint density at radius 3 is 1.37 bits per heavy atom. The van der Waals surface area contributed by atoms with Gasteiger partial charge < -0.3 is 42.5 Å². The van der Waals surface area contributed by atoms with Crippen LogP contribution in [0.25, 0.3) is 0 Å². The Morgan fingerprint density at radius 2 is 1.03 bits per heavy atom. The molecule has 5 amide bonds. The van der Waals surface area contributed by atoms with Crippen molar-refractivity contribution in [2.45, 2.75) is 0 Å². The SMILES string of the molecule is NCC([O-])=NCC(=O)NCC(=O)NCC(=O)NCC(=O)NCC(=O)NCC(=O)O.[Na+]. The van der Waals surface area contributed by atoms with Crippen molar-refractivity contribution >= 4 is 41.4 Å². The summed E-state index contributed by atoms with van der Waals surface area (Å²) in [6, 6.07) is 0. The number of carbonyl (C=O) groups is 6. The largest absolute Gasteiger partial charge is 1.00 e. The monoisotopic (exact) mass is 439 g/mol. The van der Waals surface area contributed by atoms with E-state index < -0.39 is 80.7 Å². The van der Waals surface area contributed by atoms with Crippen LogP contribution in [0.1, 0.15) is 0 Å². The molecule has 0 aliphatic carbocycles. The Kier molecular flexibility index (Phi) is 16.8. The second-order valence-electron chi connectivity index (χ2n) is 5.19. The molecule has 0 spiro atoms. The van der Waals surface area contributed by atoms with Crippen molar-refractivity contribution in [3.63, 3.8) is 0 Å². The van der Waals surface area contributed by atoms with Crippen LogP contribution in [0.5, 0.6) is 0 Å². The molecule has 0 aliphatic heterocycles. The number of carboxylic acids is 1. The van der Waals surface area contributed by atoms with Crippen LogP contribution in [0.15, 0.2) is 4.99 Å². The molecule has 0 fully saturated rings. The first kappa shape index (κ1) is 29.5. The van der Waals surface area contributed by atoms with Crippen LogP contribution in [0.2, 0.25) is 0 Å². The molecule has 8 N–H and O–H groups in total. The van der Waals surface area contributed by atoms with Crippen LogP contribution < -0.4 is 67.0 Å². The van der Waals surface area contributed by atoms with Crippen molar-refractivity contribution in [2.24, 2.45) is 10.7 Å². The van der Waals surface area contributed by atoms with E-state index in [1.165, 1.54) is 0 Å². The number of aliphatic carboxylic acids is 1. The van der Waals surface area contributed by atoms with Gasteiger partial charge in [-0.15, -0.1) is 0 Å². The second-order valence-corrected chi connectivity index (χ2v) is 5.19. The fourth-order valence-corrected chi connectivity index (χ4v) is 1.42. The number of nitrogens with zero attached hydrogens (tertiary/aromatic N) is 1. The normalized spacial score (nSPS) is 10.1. The van der Waals surface area contributed by atoms with Crippen LogP contribution in [-0.2, 0) is 28.8 Å². The molecule has 0 aromatic heterocycles. The van der Waals surface area contributed by atoms with Gasteiger partial charge in [-0.2, -0.15) is 0 Å². The van der Waals surface area contributed by atoms with Crippen molar-refractivity contribution < 1.29 is 68.5 Å². The Morgan fingerprint density at radius 1 is 0.700 bits per heavy atom. The van der Waals surface area contributed by atoms with Gasteiger partial charge in [0.1, 0.15) is 13.1 Å². The molecule has 0 atom stereocenters. The first-order valence-electron chi connectivity index (χ1n) is 8.09. The molecule has 15 nitrogen and oxygen atoms in total. The fourth-order valence-electron chi connectivity index (χ4n) is 1.42. The van der Waals surface area contributed by atoms with Gasteiger partial charge in [-0.1, -0.05) is 0 Å². The molecular weight excluding hydrogens is 417 g/mol. The maximum absolute atomic E-state index is 11.5. The number of carboxylic acid groups (broad SMARTS) is 1. The first-order chi connectivity index (χ1) is 13.6. The smallest absolute Gasteiger partial charge is 0.861 e. The third-order valence-electron chi connectivity index (χ3n) is 2.79. The quantitative estimate of drug-likeness (QED) is 0.0816. The zero-order valence-electron chi connectivity index (χ0n) is 16.3. The maximum atomic E-state index is 11.5. The van der Waals surface area contributed by atoms with Gasteiger partial charge in [0.2, 0.25) is 29.5 Å². The Labute approximate surface area is 192 Å². The van der Waals surface area contributed by atoms with Crippen LogP contribution in [-0.4, -0.2) is 92.3 Å². The van der Waals surface area contributed by atoms with Gasteiger partial charge >= 0.3 is 35.5 Å². The number of nitrogens with two attached hydrogens (primary N) is 1. The summed E-state index contributed by atoms with van der Waals surface area (Å²) < 4.78 is 0. The van der Waals surface area contributed by atoms with Crippen LogP contribution in [0.4, 0.5) is 0 Å². The standard InChI is InChI=1S/C14H23N7O8.Na/c15-1-8(22)16-2-9(23)17-3-10(24)18-4-11(25)19-5-12(26)20-6-13(27)21-7-14(28)29;/h1-7,15H2,(H,16,22)(H,17,23)(H,18,24)(H,19,25)(H,20,26)(H,21,27)(H,28,29);/q;+1/p-1. The molecule has 0 bridgehead atoms. The summed E-state index contributed by atoms with van der Waals surface area (Å²) in [5.74, 6) is -5.42. The average molecular weight is 439 g/mol. The molecule has 0 aliphatic rings. The Balaban J connectivity index is 0. The van der Waals surface area contributed by atoms with Crippen molar-refractivity contribution in [3.05, 3.63) is 0 Å². The van der Waals surface area contributed by atoms with Gasteiger partial charge in [0.25, 0.3) is 0 Å². The van der Waals surface area contributed by atoms with Gasteiger partial charge in [-0.05, 0) is 5.90 Å². The first-order valence-corrected chi connectivity index (χ1v) is 8.09. The Bertz CT molecular complexity index is 671. The molecule has 0 saturated heterocycles. The summed E-state index contributed by atoms with van der Waals surface area (Å²) >= 11 is 0. The van der Waals surface area contributed by atoms with E-state index in [0.29, 0.717) is 0 Å². The number of amides is 5. The summed E-state index contributed by atoms with van der Waals surface area (Å²) in [5, 5.41) is 29.9. The van der Waals surface area contributed by atoms with E-state index in [-0.39, 0.29) is 36.1 Å². The van der Waals surface area contributed by atoms with Crippen LogP contribution >= 0.6 is 0 Å². The van der Waals surface area contributed by atoms with Crippen LogP contribution in [0, 0.1) is 0 Å². The van der Waals surface area contributed by atoms with E-state index >= 15 is 0 Å². The molecule has 0 rings (SSSR count). The van der Waals surface area contributed by atoms with E-state index in [1.54, 1.807) is 0 Å². The minimum Gasteiger partial charge on any atom is -0.861 e. The average Bonchev–Trinajstić information content (AvgIpc) is 2.69. The molecule has 0 unspecified atom stereocenters. The molecule has 0 radical (unpaired) electrons. The van der Waals surface area contributed by atoms with Crippen LogP contribution in [0.3, 0.4) is 0 Å². The van der Waals surface area contributed by atoms with Crippen molar-refractivity contribution in [2.75, 3.05) is 45.8 Å². The summed E-state index contributed by atoms with van der Waals surface area (Å²) in [6.07, 6.45) is 0. The minimum absolute atomic E-state index is 0. The summed E-state index contributed by atoms with van der Waals surface area (Å²) in [6.45, 7) is -3.28. The second kappa shape index (κ2) is 17.1. The zero-order valence-corrected chi connectivity index (χ0v) is 18.3. The van der Waals surface area contributed by atoms with E-state index in [4.69, 9.17) is 10.8 Å². The van der Waals surface area contributed by atoms with Gasteiger partial charge in [-0.25, -0.2) is 0 Å². The number of carbonyl (C=O) groups excluding carboxylic acids is 5. The minimum atomic E-state index is -1.24. The summed E-state index contributed by atoms with van der Waals surface area (Å²) in [7, 11) is 0. The number of nitrogens with one attached hydrogen (secondary N) is 5. The number of rotatable bonds is 13. The predicted molar refractivity (Wildman–Crippen MR) is 94.0 cm³/mol.